The number of amides is 1. The largest absolute Gasteiger partial charge is 0.360 e. The number of piperazine rings is 1. The van der Waals surface area contributed by atoms with Gasteiger partial charge >= 0.3 is 0 Å². The molecule has 0 unspecified atom stereocenters. The SMILES string of the molecule is Cc1ccc(CN(C)C(=O)C[NH+]2CCN(c3cccc(Cl)c3)CC2)cc1. The van der Waals surface area contributed by atoms with E-state index < -0.39 is 0 Å². The molecule has 1 fully saturated rings. The highest BCUT2D eigenvalue weighted by Crippen LogP contribution is 2.19. The molecule has 4 nitrogen and oxygen atoms in total. The quantitative estimate of drug-likeness (QED) is 0.869. The van der Waals surface area contributed by atoms with Crippen LogP contribution in [0.1, 0.15) is 11.1 Å². The van der Waals surface area contributed by atoms with Crippen molar-refractivity contribution in [3.05, 3.63) is 64.7 Å². The number of aryl methyl sites for hydroxylation is 1. The minimum atomic E-state index is 0.205. The highest BCUT2D eigenvalue weighted by atomic mass is 35.5. The number of anilines is 1. The first-order valence-corrected chi connectivity index (χ1v) is 9.52. The third-order valence-corrected chi connectivity index (χ3v) is 5.25. The van der Waals surface area contributed by atoms with Crippen LogP contribution in [-0.2, 0) is 11.3 Å². The first kappa shape index (κ1) is 18.7. The maximum absolute atomic E-state index is 12.6. The molecular weight excluding hydrogens is 346 g/mol. The van der Waals surface area contributed by atoms with Gasteiger partial charge in [0.05, 0.1) is 26.2 Å². The molecule has 0 saturated carbocycles. The van der Waals surface area contributed by atoms with Gasteiger partial charge in [0.15, 0.2) is 6.54 Å². The molecule has 1 saturated heterocycles. The van der Waals surface area contributed by atoms with Crippen molar-refractivity contribution < 1.29 is 9.69 Å². The number of hydrogen-bond acceptors (Lipinski definition) is 2. The predicted molar refractivity (Wildman–Crippen MR) is 107 cm³/mol. The Morgan fingerprint density at radius 2 is 1.85 bits per heavy atom. The molecule has 1 aliphatic heterocycles. The second kappa shape index (κ2) is 8.56. The van der Waals surface area contributed by atoms with Crippen LogP contribution in [0.15, 0.2) is 48.5 Å². The second-order valence-electron chi connectivity index (χ2n) is 7.13. The number of quaternary nitrogens is 1. The van der Waals surface area contributed by atoms with Crippen LogP contribution in [0.25, 0.3) is 0 Å². The van der Waals surface area contributed by atoms with E-state index in [1.54, 1.807) is 0 Å². The van der Waals surface area contributed by atoms with Crippen molar-refractivity contribution >= 4 is 23.2 Å². The lowest BCUT2D eigenvalue weighted by Gasteiger charge is -2.34. The van der Waals surface area contributed by atoms with E-state index in [-0.39, 0.29) is 5.91 Å². The maximum Gasteiger partial charge on any atom is 0.277 e. The van der Waals surface area contributed by atoms with Gasteiger partial charge in [-0.3, -0.25) is 4.79 Å². The lowest BCUT2D eigenvalue weighted by molar-refractivity contribution is -0.892. The van der Waals surface area contributed by atoms with Crippen LogP contribution in [0, 0.1) is 6.92 Å². The minimum absolute atomic E-state index is 0.205. The average Bonchev–Trinajstić information content (AvgIpc) is 2.64. The molecular formula is C21H27ClN3O+. The van der Waals surface area contributed by atoms with Crippen LogP contribution in [0.5, 0.6) is 0 Å². The Labute approximate surface area is 161 Å². The number of nitrogens with zero attached hydrogens (tertiary/aromatic N) is 2. The molecule has 2 aromatic rings. The third kappa shape index (κ3) is 4.99. The smallest absolute Gasteiger partial charge is 0.277 e. The van der Waals surface area contributed by atoms with Crippen molar-refractivity contribution in [2.75, 3.05) is 44.7 Å². The number of carbonyl (C=O) groups excluding carboxylic acids is 1. The first-order chi connectivity index (χ1) is 12.5. The molecule has 138 valence electrons. The van der Waals surface area contributed by atoms with Crippen molar-refractivity contribution in [2.24, 2.45) is 0 Å². The highest BCUT2D eigenvalue weighted by molar-refractivity contribution is 6.30. The molecule has 0 atom stereocenters. The lowest BCUT2D eigenvalue weighted by atomic mass is 10.1. The summed E-state index contributed by atoms with van der Waals surface area (Å²) in [6.07, 6.45) is 0. The van der Waals surface area contributed by atoms with Crippen molar-refractivity contribution in [1.29, 1.82) is 0 Å². The Hall–Kier alpha value is -2.04. The number of likely N-dealkylation sites (N-methyl/N-ethyl adjacent to an activating group) is 1. The molecule has 1 N–H and O–H groups in total. The summed E-state index contributed by atoms with van der Waals surface area (Å²) in [7, 11) is 1.89. The van der Waals surface area contributed by atoms with Crippen LogP contribution in [0.2, 0.25) is 5.02 Å². The fraction of sp³-hybridized carbons (Fsp3) is 0.381. The molecule has 1 amide bonds. The van der Waals surface area contributed by atoms with Gasteiger partial charge in [-0.1, -0.05) is 47.5 Å². The van der Waals surface area contributed by atoms with E-state index in [0.717, 1.165) is 31.2 Å². The van der Waals surface area contributed by atoms with Crippen molar-refractivity contribution in [1.82, 2.24) is 4.90 Å². The summed E-state index contributed by atoms with van der Waals surface area (Å²) in [5.41, 5.74) is 3.58. The molecule has 1 aliphatic rings. The molecule has 2 aromatic carbocycles. The zero-order valence-electron chi connectivity index (χ0n) is 15.5. The summed E-state index contributed by atoms with van der Waals surface area (Å²) in [5.74, 6) is 0.205. The second-order valence-corrected chi connectivity index (χ2v) is 7.57. The van der Waals surface area contributed by atoms with Gasteiger partial charge in [-0.25, -0.2) is 0 Å². The maximum atomic E-state index is 12.6. The molecule has 5 heteroatoms. The van der Waals surface area contributed by atoms with Gasteiger partial charge in [0.1, 0.15) is 0 Å². The van der Waals surface area contributed by atoms with Gasteiger partial charge in [-0.2, -0.15) is 0 Å². The Morgan fingerprint density at radius 3 is 2.50 bits per heavy atom. The summed E-state index contributed by atoms with van der Waals surface area (Å²) in [4.78, 5) is 18.1. The van der Waals surface area contributed by atoms with Crippen molar-refractivity contribution in [3.63, 3.8) is 0 Å². The summed E-state index contributed by atoms with van der Waals surface area (Å²) < 4.78 is 0. The molecule has 0 bridgehead atoms. The Kier molecular flexibility index (Phi) is 6.17. The van der Waals surface area contributed by atoms with E-state index in [0.29, 0.717) is 13.1 Å². The van der Waals surface area contributed by atoms with Gasteiger partial charge in [-0.05, 0) is 30.7 Å². The standard InChI is InChI=1S/C21H26ClN3O/c1-17-6-8-18(9-7-17)15-23(2)21(26)16-24-10-12-25(13-11-24)20-5-3-4-19(22)14-20/h3-9,14H,10-13,15-16H2,1-2H3/p+1. The summed E-state index contributed by atoms with van der Waals surface area (Å²) in [5, 5.41) is 0.769. The zero-order chi connectivity index (χ0) is 18.5. The Morgan fingerprint density at radius 1 is 1.15 bits per heavy atom. The number of hydrogen-bond donors (Lipinski definition) is 1. The monoisotopic (exact) mass is 372 g/mol. The van der Waals surface area contributed by atoms with Crippen LogP contribution in [0.3, 0.4) is 0 Å². The topological polar surface area (TPSA) is 28.0 Å². The number of carbonyl (C=O) groups is 1. The van der Waals surface area contributed by atoms with Crippen LogP contribution in [-0.4, -0.2) is 50.6 Å². The van der Waals surface area contributed by atoms with Crippen LogP contribution < -0.4 is 9.80 Å². The van der Waals surface area contributed by atoms with E-state index in [1.165, 1.54) is 21.7 Å². The Balaban J connectivity index is 1.47. The third-order valence-electron chi connectivity index (χ3n) is 5.01. The van der Waals surface area contributed by atoms with E-state index in [4.69, 9.17) is 11.6 Å². The fourth-order valence-corrected chi connectivity index (χ4v) is 3.52. The van der Waals surface area contributed by atoms with Gasteiger partial charge in [-0.15, -0.1) is 0 Å². The van der Waals surface area contributed by atoms with Gasteiger partial charge in [0.2, 0.25) is 0 Å². The number of nitrogens with one attached hydrogen (secondary N) is 1. The van der Waals surface area contributed by atoms with Gasteiger partial charge < -0.3 is 14.7 Å². The van der Waals surface area contributed by atoms with E-state index in [9.17, 15) is 4.79 Å². The average molecular weight is 373 g/mol. The Bertz CT molecular complexity index is 739. The number of halogens is 1. The normalized spacial score (nSPS) is 15.1. The summed E-state index contributed by atoms with van der Waals surface area (Å²) in [6, 6.07) is 16.4. The van der Waals surface area contributed by atoms with Crippen LogP contribution in [0.4, 0.5) is 5.69 Å². The first-order valence-electron chi connectivity index (χ1n) is 9.15. The molecule has 26 heavy (non-hydrogen) atoms. The predicted octanol–water partition coefficient (Wildman–Crippen LogP) is 2.01. The van der Waals surface area contributed by atoms with E-state index in [2.05, 4.69) is 42.2 Å². The highest BCUT2D eigenvalue weighted by Gasteiger charge is 2.23. The zero-order valence-corrected chi connectivity index (χ0v) is 16.3. The van der Waals surface area contributed by atoms with Gasteiger partial charge in [0, 0.05) is 24.3 Å². The number of rotatable bonds is 5. The molecule has 0 spiro atoms. The fourth-order valence-electron chi connectivity index (χ4n) is 3.34. The molecule has 1 heterocycles. The lowest BCUT2D eigenvalue weighted by Crippen LogP contribution is -3.15. The van der Waals surface area contributed by atoms with E-state index >= 15 is 0 Å². The number of benzene rings is 2. The molecule has 0 aromatic heterocycles. The minimum Gasteiger partial charge on any atom is -0.360 e. The van der Waals surface area contributed by atoms with Crippen LogP contribution >= 0.6 is 11.6 Å². The molecule has 0 radical (unpaired) electrons. The summed E-state index contributed by atoms with van der Waals surface area (Å²) in [6.45, 7) is 7.14. The van der Waals surface area contributed by atoms with Crippen molar-refractivity contribution in [3.8, 4) is 0 Å². The van der Waals surface area contributed by atoms with E-state index in [1.807, 2.05) is 30.1 Å². The van der Waals surface area contributed by atoms with Gasteiger partial charge in [0.25, 0.3) is 5.91 Å². The van der Waals surface area contributed by atoms with Crippen molar-refractivity contribution in [2.45, 2.75) is 13.5 Å². The summed E-state index contributed by atoms with van der Waals surface area (Å²) >= 11 is 6.09. The molecule has 0 aliphatic carbocycles. The molecule has 3 rings (SSSR count).